The van der Waals surface area contributed by atoms with E-state index >= 15 is 0 Å². The lowest BCUT2D eigenvalue weighted by atomic mass is 9.75. The number of rotatable bonds is 2. The van der Waals surface area contributed by atoms with E-state index in [0.29, 0.717) is 11.0 Å². The molecule has 19 heavy (non-hydrogen) atoms. The summed E-state index contributed by atoms with van der Waals surface area (Å²) in [4.78, 5) is 11.7. The summed E-state index contributed by atoms with van der Waals surface area (Å²) in [6.07, 6.45) is 0. The predicted octanol–water partition coefficient (Wildman–Crippen LogP) is 1.89. The Kier molecular flexibility index (Phi) is 3.23. The van der Waals surface area contributed by atoms with Gasteiger partial charge >= 0.3 is 7.12 Å². The molecule has 1 aliphatic rings. The summed E-state index contributed by atoms with van der Waals surface area (Å²) < 4.78 is 11.8. The summed E-state index contributed by atoms with van der Waals surface area (Å²) in [7, 11) is -0.643. The molecular weight excluding hydrogens is 243 g/mol. The first-order valence-electron chi connectivity index (χ1n) is 6.33. The summed E-state index contributed by atoms with van der Waals surface area (Å²) >= 11 is 0. The minimum Gasteiger partial charge on any atom is -0.508 e. The van der Waals surface area contributed by atoms with Crippen LogP contribution in [0.25, 0.3) is 0 Å². The number of phenols is 1. The smallest absolute Gasteiger partial charge is 0.495 e. The molecule has 1 heterocycles. The number of phenolic OH excluding ortho intramolecular Hbond substituents is 1. The lowest BCUT2D eigenvalue weighted by Crippen LogP contribution is -2.41. The van der Waals surface area contributed by atoms with Crippen molar-refractivity contribution >= 4 is 18.4 Å². The topological polar surface area (TPSA) is 55.8 Å². The summed E-state index contributed by atoms with van der Waals surface area (Å²) in [5.41, 5.74) is 0.136. The molecule has 1 N–H and O–H groups in total. The molecule has 1 aromatic carbocycles. The van der Waals surface area contributed by atoms with Gasteiger partial charge in [0.1, 0.15) is 5.75 Å². The molecule has 0 unspecified atom stereocenters. The highest BCUT2D eigenvalue weighted by Crippen LogP contribution is 2.36. The van der Waals surface area contributed by atoms with Crippen molar-refractivity contribution in [3.63, 3.8) is 0 Å². The fourth-order valence-electron chi connectivity index (χ4n) is 2.04. The first-order valence-corrected chi connectivity index (χ1v) is 6.33. The summed E-state index contributed by atoms with van der Waals surface area (Å²) in [6, 6.07) is 4.61. The molecule has 0 atom stereocenters. The van der Waals surface area contributed by atoms with Gasteiger partial charge in [0.15, 0.2) is 5.78 Å². The monoisotopic (exact) mass is 262 g/mol. The average molecular weight is 262 g/mol. The van der Waals surface area contributed by atoms with Crippen LogP contribution in [-0.4, -0.2) is 29.2 Å². The second-order valence-electron chi connectivity index (χ2n) is 5.92. The second-order valence-corrected chi connectivity index (χ2v) is 5.92. The molecule has 0 aliphatic carbocycles. The second kappa shape index (κ2) is 4.35. The quantitative estimate of drug-likeness (QED) is 0.653. The Bertz CT molecular complexity index is 506. The third kappa shape index (κ3) is 2.40. The van der Waals surface area contributed by atoms with Crippen molar-refractivity contribution in [3.8, 4) is 5.75 Å². The number of ketones is 1. The molecule has 4 nitrogen and oxygen atoms in total. The van der Waals surface area contributed by atoms with E-state index in [1.807, 2.05) is 27.7 Å². The van der Waals surface area contributed by atoms with Gasteiger partial charge < -0.3 is 14.4 Å². The number of benzene rings is 1. The Morgan fingerprint density at radius 3 is 2.16 bits per heavy atom. The van der Waals surface area contributed by atoms with E-state index in [9.17, 15) is 9.90 Å². The zero-order valence-corrected chi connectivity index (χ0v) is 12.0. The Hall–Kier alpha value is -1.33. The van der Waals surface area contributed by atoms with Gasteiger partial charge in [-0.2, -0.15) is 0 Å². The van der Waals surface area contributed by atoms with Gasteiger partial charge in [-0.1, -0.05) is 0 Å². The van der Waals surface area contributed by atoms with Gasteiger partial charge in [-0.3, -0.25) is 4.79 Å². The lowest BCUT2D eigenvalue weighted by molar-refractivity contribution is 0.00578. The van der Waals surface area contributed by atoms with Gasteiger partial charge in [-0.25, -0.2) is 0 Å². The molecule has 0 aromatic heterocycles. The Balaban J connectivity index is 2.44. The lowest BCUT2D eigenvalue weighted by Gasteiger charge is -2.32. The number of carbonyl (C=O) groups excluding carboxylic acids is 1. The first kappa shape index (κ1) is 14.1. The molecule has 0 amide bonds. The molecule has 1 fully saturated rings. The van der Waals surface area contributed by atoms with Gasteiger partial charge in [-0.15, -0.1) is 0 Å². The van der Waals surface area contributed by atoms with Crippen LogP contribution < -0.4 is 5.46 Å². The number of Topliss-reactive ketones (excluding diaryl/α,β-unsaturated/α-hetero) is 1. The van der Waals surface area contributed by atoms with Crippen molar-refractivity contribution in [2.75, 3.05) is 0 Å². The molecule has 0 radical (unpaired) electrons. The van der Waals surface area contributed by atoms with Gasteiger partial charge in [0.05, 0.1) is 11.2 Å². The van der Waals surface area contributed by atoms with Crippen LogP contribution in [0, 0.1) is 0 Å². The molecular formula is C14H19BO4. The minimum absolute atomic E-state index is 0.0790. The highest BCUT2D eigenvalue weighted by molar-refractivity contribution is 6.63. The fraction of sp³-hybridized carbons (Fsp3) is 0.500. The molecule has 1 aliphatic heterocycles. The molecule has 1 aromatic rings. The van der Waals surface area contributed by atoms with Crippen LogP contribution in [0.5, 0.6) is 5.75 Å². The maximum absolute atomic E-state index is 11.7. The number of carbonyl (C=O) groups is 1. The minimum atomic E-state index is -0.643. The molecule has 2 rings (SSSR count). The highest BCUT2D eigenvalue weighted by atomic mass is 16.7. The summed E-state index contributed by atoms with van der Waals surface area (Å²) in [5.74, 6) is 0.0134. The highest BCUT2D eigenvalue weighted by Gasteiger charge is 2.52. The predicted molar refractivity (Wildman–Crippen MR) is 73.8 cm³/mol. The molecule has 102 valence electrons. The van der Waals surface area contributed by atoms with E-state index < -0.39 is 18.3 Å². The fourth-order valence-corrected chi connectivity index (χ4v) is 2.04. The van der Waals surface area contributed by atoms with Crippen LogP contribution in [-0.2, 0) is 9.31 Å². The number of hydrogen-bond donors (Lipinski definition) is 1. The summed E-state index contributed by atoms with van der Waals surface area (Å²) in [5, 5.41) is 9.62. The van der Waals surface area contributed by atoms with Crippen LogP contribution in [0.2, 0.25) is 0 Å². The zero-order valence-electron chi connectivity index (χ0n) is 12.0. The van der Waals surface area contributed by atoms with Gasteiger partial charge in [0.2, 0.25) is 0 Å². The normalized spacial score (nSPS) is 20.6. The van der Waals surface area contributed by atoms with Crippen molar-refractivity contribution in [3.05, 3.63) is 23.8 Å². The Labute approximate surface area is 113 Å². The zero-order chi connectivity index (χ0) is 14.4. The van der Waals surface area contributed by atoms with Gasteiger partial charge in [0.25, 0.3) is 0 Å². The van der Waals surface area contributed by atoms with Crippen molar-refractivity contribution in [2.45, 2.75) is 45.8 Å². The summed E-state index contributed by atoms with van der Waals surface area (Å²) in [6.45, 7) is 9.28. The van der Waals surface area contributed by atoms with Gasteiger partial charge in [-0.05, 0) is 58.3 Å². The van der Waals surface area contributed by atoms with Crippen LogP contribution in [0.1, 0.15) is 45.0 Å². The number of aromatic hydroxyl groups is 1. The Morgan fingerprint density at radius 1 is 1.16 bits per heavy atom. The molecule has 0 saturated carbocycles. The standard InChI is InChI=1S/C14H19BO4/c1-9(16)11-7-6-10(17)8-12(11)15-18-13(2,3)14(4,5)19-15/h6-8,17H,1-5H3. The SMILES string of the molecule is CC(=O)c1ccc(O)cc1B1OC(C)(C)C(C)(C)O1. The first-order chi connectivity index (χ1) is 8.64. The molecule has 1 saturated heterocycles. The van der Waals surface area contributed by atoms with Crippen molar-refractivity contribution < 1.29 is 19.2 Å². The third-order valence-electron chi connectivity index (χ3n) is 3.92. The van der Waals surface area contributed by atoms with E-state index in [-0.39, 0.29) is 11.5 Å². The molecule has 5 heteroatoms. The largest absolute Gasteiger partial charge is 0.508 e. The van der Waals surface area contributed by atoms with Crippen LogP contribution in [0.15, 0.2) is 18.2 Å². The van der Waals surface area contributed by atoms with E-state index in [1.54, 1.807) is 6.07 Å². The number of hydrogen-bond acceptors (Lipinski definition) is 4. The van der Waals surface area contributed by atoms with Crippen molar-refractivity contribution in [1.29, 1.82) is 0 Å². The maximum Gasteiger partial charge on any atom is 0.495 e. The molecule has 0 bridgehead atoms. The van der Waals surface area contributed by atoms with Crippen LogP contribution >= 0.6 is 0 Å². The third-order valence-corrected chi connectivity index (χ3v) is 3.92. The molecule has 0 spiro atoms. The van der Waals surface area contributed by atoms with E-state index in [0.717, 1.165) is 0 Å². The van der Waals surface area contributed by atoms with Crippen molar-refractivity contribution in [2.24, 2.45) is 0 Å². The van der Waals surface area contributed by atoms with E-state index in [1.165, 1.54) is 19.1 Å². The van der Waals surface area contributed by atoms with Crippen molar-refractivity contribution in [1.82, 2.24) is 0 Å². The van der Waals surface area contributed by atoms with Crippen LogP contribution in [0.4, 0.5) is 0 Å². The maximum atomic E-state index is 11.7. The average Bonchev–Trinajstić information content (AvgIpc) is 2.47. The van der Waals surface area contributed by atoms with Crippen LogP contribution in [0.3, 0.4) is 0 Å². The van der Waals surface area contributed by atoms with E-state index in [4.69, 9.17) is 9.31 Å². The van der Waals surface area contributed by atoms with E-state index in [2.05, 4.69) is 0 Å². The Morgan fingerprint density at radius 2 is 1.68 bits per heavy atom. The van der Waals surface area contributed by atoms with Gasteiger partial charge in [0, 0.05) is 5.56 Å².